The van der Waals surface area contributed by atoms with Gasteiger partial charge in [-0.1, -0.05) is 11.8 Å². The van der Waals surface area contributed by atoms with Crippen molar-refractivity contribution < 1.29 is 4.39 Å². The summed E-state index contributed by atoms with van der Waals surface area (Å²) in [5.41, 5.74) is 9.40. The van der Waals surface area contributed by atoms with Crippen molar-refractivity contribution >= 4 is 39.0 Å². The third kappa shape index (κ3) is 2.07. The van der Waals surface area contributed by atoms with Crippen LogP contribution >= 0.6 is 23.1 Å². The molecular formula is C13H9FN2S2. The van der Waals surface area contributed by atoms with Gasteiger partial charge in [-0.15, -0.1) is 11.3 Å². The zero-order valence-electron chi connectivity index (χ0n) is 9.26. The molecule has 3 aromatic rings. The van der Waals surface area contributed by atoms with Crippen molar-refractivity contribution in [1.29, 1.82) is 0 Å². The smallest absolute Gasteiger partial charge is 0.123 e. The third-order valence-corrected chi connectivity index (χ3v) is 4.42. The Morgan fingerprint density at radius 3 is 2.67 bits per heavy atom. The van der Waals surface area contributed by atoms with Crippen molar-refractivity contribution in [3.05, 3.63) is 47.7 Å². The molecule has 5 heteroatoms. The van der Waals surface area contributed by atoms with Gasteiger partial charge in [0, 0.05) is 9.79 Å². The zero-order chi connectivity index (χ0) is 12.5. The molecule has 0 radical (unpaired) electrons. The summed E-state index contributed by atoms with van der Waals surface area (Å²) in [4.78, 5) is 6.16. The van der Waals surface area contributed by atoms with Gasteiger partial charge in [0.05, 0.1) is 15.9 Å². The van der Waals surface area contributed by atoms with Crippen molar-refractivity contribution in [2.45, 2.75) is 9.79 Å². The van der Waals surface area contributed by atoms with Gasteiger partial charge < -0.3 is 5.73 Å². The number of benzene rings is 2. The number of aromatic nitrogens is 1. The maximum absolute atomic E-state index is 12.8. The van der Waals surface area contributed by atoms with Crippen LogP contribution in [0.4, 0.5) is 10.1 Å². The molecule has 0 saturated carbocycles. The minimum atomic E-state index is -0.234. The van der Waals surface area contributed by atoms with E-state index in [9.17, 15) is 4.39 Å². The fourth-order valence-corrected chi connectivity index (χ4v) is 3.21. The topological polar surface area (TPSA) is 38.9 Å². The van der Waals surface area contributed by atoms with Crippen LogP contribution in [-0.4, -0.2) is 4.98 Å². The maximum Gasteiger partial charge on any atom is 0.123 e. The first-order valence-corrected chi connectivity index (χ1v) is 6.99. The van der Waals surface area contributed by atoms with E-state index >= 15 is 0 Å². The second kappa shape index (κ2) is 4.59. The lowest BCUT2D eigenvalue weighted by atomic mass is 10.3. The van der Waals surface area contributed by atoms with Crippen LogP contribution in [0.25, 0.3) is 10.2 Å². The number of nitrogen functional groups attached to an aromatic ring is 1. The lowest BCUT2D eigenvalue weighted by molar-refractivity contribution is 0.626. The Balaban J connectivity index is 1.99. The number of rotatable bonds is 2. The van der Waals surface area contributed by atoms with Crippen LogP contribution in [0.15, 0.2) is 51.7 Å². The first-order valence-electron chi connectivity index (χ1n) is 5.29. The van der Waals surface area contributed by atoms with Gasteiger partial charge in [0.1, 0.15) is 11.3 Å². The first-order chi connectivity index (χ1) is 8.74. The third-order valence-electron chi connectivity index (χ3n) is 2.54. The van der Waals surface area contributed by atoms with E-state index in [4.69, 9.17) is 5.73 Å². The highest BCUT2D eigenvalue weighted by atomic mass is 32.2. The highest BCUT2D eigenvalue weighted by molar-refractivity contribution is 7.99. The summed E-state index contributed by atoms with van der Waals surface area (Å²) in [6, 6.07) is 10.4. The SMILES string of the molecule is Nc1c(Sc2ccc(F)cc2)ccc2scnc12. The average Bonchev–Trinajstić information content (AvgIpc) is 2.84. The summed E-state index contributed by atoms with van der Waals surface area (Å²) in [5.74, 6) is -0.234. The number of nitrogens with two attached hydrogens (primary N) is 1. The molecule has 0 amide bonds. The minimum Gasteiger partial charge on any atom is -0.396 e. The number of hydrogen-bond acceptors (Lipinski definition) is 4. The van der Waals surface area contributed by atoms with Gasteiger partial charge in [0.25, 0.3) is 0 Å². The summed E-state index contributed by atoms with van der Waals surface area (Å²) in [7, 11) is 0. The first kappa shape index (κ1) is 11.5. The molecule has 0 fully saturated rings. The van der Waals surface area contributed by atoms with Gasteiger partial charge in [-0.05, 0) is 36.4 Å². The van der Waals surface area contributed by atoms with Crippen molar-refractivity contribution in [2.75, 3.05) is 5.73 Å². The summed E-state index contributed by atoms with van der Waals surface area (Å²) in [5, 5.41) is 0. The summed E-state index contributed by atoms with van der Waals surface area (Å²) >= 11 is 3.08. The van der Waals surface area contributed by atoms with Crippen LogP contribution in [0.5, 0.6) is 0 Å². The molecule has 0 saturated heterocycles. The quantitative estimate of drug-likeness (QED) is 0.714. The predicted molar refractivity (Wildman–Crippen MR) is 74.6 cm³/mol. The van der Waals surface area contributed by atoms with Crippen molar-refractivity contribution in [1.82, 2.24) is 4.98 Å². The van der Waals surface area contributed by atoms with Gasteiger partial charge in [0.15, 0.2) is 0 Å². The molecule has 0 aliphatic carbocycles. The maximum atomic E-state index is 12.8. The Labute approximate surface area is 112 Å². The monoisotopic (exact) mass is 276 g/mol. The van der Waals surface area contributed by atoms with E-state index in [2.05, 4.69) is 4.98 Å². The van der Waals surface area contributed by atoms with E-state index in [0.717, 1.165) is 20.0 Å². The van der Waals surface area contributed by atoms with Crippen molar-refractivity contribution in [3.8, 4) is 0 Å². The Hall–Kier alpha value is -1.59. The number of halogens is 1. The zero-order valence-corrected chi connectivity index (χ0v) is 10.9. The highest BCUT2D eigenvalue weighted by Crippen LogP contribution is 2.36. The van der Waals surface area contributed by atoms with Crippen LogP contribution in [0.3, 0.4) is 0 Å². The Morgan fingerprint density at radius 2 is 1.89 bits per heavy atom. The summed E-state index contributed by atoms with van der Waals surface area (Å²) in [6.45, 7) is 0. The van der Waals surface area contributed by atoms with Crippen LogP contribution in [0, 0.1) is 5.82 Å². The Bertz CT molecular complexity index is 692. The van der Waals surface area contributed by atoms with Gasteiger partial charge in [-0.25, -0.2) is 9.37 Å². The molecule has 0 bridgehead atoms. The number of thiazole rings is 1. The molecule has 2 nitrogen and oxygen atoms in total. The molecule has 2 N–H and O–H groups in total. The molecule has 2 aromatic carbocycles. The fourth-order valence-electron chi connectivity index (χ4n) is 1.65. The lowest BCUT2D eigenvalue weighted by Gasteiger charge is -2.05. The molecule has 0 unspecified atom stereocenters. The van der Waals surface area contributed by atoms with Crippen molar-refractivity contribution in [2.24, 2.45) is 0 Å². The molecule has 3 rings (SSSR count). The molecular weight excluding hydrogens is 267 g/mol. The predicted octanol–water partition coefficient (Wildman–Crippen LogP) is 4.17. The normalized spacial score (nSPS) is 10.9. The average molecular weight is 276 g/mol. The summed E-state index contributed by atoms with van der Waals surface area (Å²) in [6.07, 6.45) is 0. The van der Waals surface area contributed by atoms with E-state index in [-0.39, 0.29) is 5.82 Å². The van der Waals surface area contributed by atoms with Crippen LogP contribution in [0.2, 0.25) is 0 Å². The largest absolute Gasteiger partial charge is 0.396 e. The van der Waals surface area contributed by atoms with Crippen LogP contribution in [0.1, 0.15) is 0 Å². The van der Waals surface area contributed by atoms with Gasteiger partial charge in [0.2, 0.25) is 0 Å². The van der Waals surface area contributed by atoms with Gasteiger partial charge in [-0.2, -0.15) is 0 Å². The number of anilines is 1. The Morgan fingerprint density at radius 1 is 1.11 bits per heavy atom. The van der Waals surface area contributed by atoms with E-state index in [1.807, 2.05) is 12.1 Å². The highest BCUT2D eigenvalue weighted by Gasteiger charge is 2.08. The molecule has 0 atom stereocenters. The molecule has 90 valence electrons. The molecule has 0 aliphatic heterocycles. The minimum absolute atomic E-state index is 0.234. The molecule has 1 heterocycles. The molecule has 0 spiro atoms. The van der Waals surface area contributed by atoms with Gasteiger partial charge in [-0.3, -0.25) is 0 Å². The number of nitrogens with zero attached hydrogens (tertiary/aromatic N) is 1. The van der Waals surface area contributed by atoms with E-state index in [0.29, 0.717) is 5.69 Å². The van der Waals surface area contributed by atoms with Crippen molar-refractivity contribution in [3.63, 3.8) is 0 Å². The molecule has 18 heavy (non-hydrogen) atoms. The van der Waals surface area contributed by atoms with E-state index in [1.54, 1.807) is 29.0 Å². The fraction of sp³-hybridized carbons (Fsp3) is 0. The van der Waals surface area contributed by atoms with E-state index in [1.165, 1.54) is 23.9 Å². The molecule has 1 aromatic heterocycles. The Kier molecular flexibility index (Phi) is 2.93. The summed E-state index contributed by atoms with van der Waals surface area (Å²) < 4.78 is 13.9. The second-order valence-corrected chi connectivity index (χ2v) is 5.73. The standard InChI is InChI=1S/C13H9FN2S2/c14-8-1-3-9(4-2-8)18-10-5-6-11-13(12(10)15)16-7-17-11/h1-7H,15H2. The van der Waals surface area contributed by atoms with Gasteiger partial charge >= 0.3 is 0 Å². The van der Waals surface area contributed by atoms with Crippen LogP contribution in [-0.2, 0) is 0 Å². The second-order valence-electron chi connectivity index (χ2n) is 3.73. The van der Waals surface area contributed by atoms with E-state index < -0.39 is 0 Å². The number of hydrogen-bond donors (Lipinski definition) is 1. The number of fused-ring (bicyclic) bond motifs is 1. The lowest BCUT2D eigenvalue weighted by Crippen LogP contribution is -1.90. The van der Waals surface area contributed by atoms with Crippen LogP contribution < -0.4 is 5.73 Å². The molecule has 0 aliphatic rings.